The molecule has 0 saturated heterocycles. The summed E-state index contributed by atoms with van der Waals surface area (Å²) in [5.74, 6) is 0.831. The van der Waals surface area contributed by atoms with Crippen LogP contribution in [0, 0.1) is 16.7 Å². The zero-order valence-electron chi connectivity index (χ0n) is 16.4. The predicted molar refractivity (Wildman–Crippen MR) is 109 cm³/mol. The highest BCUT2D eigenvalue weighted by Gasteiger charge is 2.52. The first-order valence-electron chi connectivity index (χ1n) is 9.51. The van der Waals surface area contributed by atoms with Gasteiger partial charge in [0.1, 0.15) is 5.82 Å². The number of rotatable bonds is 4. The molecule has 9 nitrogen and oxygen atoms in total. The van der Waals surface area contributed by atoms with Crippen molar-refractivity contribution in [3.8, 4) is 6.07 Å². The van der Waals surface area contributed by atoms with Gasteiger partial charge in [-0.2, -0.15) is 5.26 Å². The van der Waals surface area contributed by atoms with E-state index in [1.807, 2.05) is 36.6 Å². The van der Waals surface area contributed by atoms with Crippen molar-refractivity contribution in [1.82, 2.24) is 29.3 Å². The minimum absolute atomic E-state index is 0.0293. The first-order chi connectivity index (χ1) is 14.3. The molecule has 4 aromatic rings. The SMILES string of the molecule is CC1(C)C(NS(=O)(=O)c2ccc(C#N)cc2)C[C@H]1c1nnc2cnc3[nH]ccc3n12. The number of H-pyrrole nitrogens is 1. The average Bonchev–Trinajstić information content (AvgIpc) is 3.37. The van der Waals surface area contributed by atoms with Crippen LogP contribution in [0.1, 0.15) is 37.6 Å². The third-order valence-corrected chi connectivity index (χ3v) is 7.63. The second-order valence-corrected chi connectivity index (χ2v) is 9.86. The minimum atomic E-state index is -3.69. The maximum absolute atomic E-state index is 12.8. The topological polar surface area (TPSA) is 129 Å². The Balaban J connectivity index is 1.43. The largest absolute Gasteiger partial charge is 0.345 e. The van der Waals surface area contributed by atoms with Gasteiger partial charge < -0.3 is 4.98 Å². The summed E-state index contributed by atoms with van der Waals surface area (Å²) in [6, 6.07) is 9.57. The molecule has 0 amide bonds. The number of benzene rings is 1. The van der Waals surface area contributed by atoms with E-state index in [-0.39, 0.29) is 22.3 Å². The van der Waals surface area contributed by atoms with E-state index in [1.165, 1.54) is 24.3 Å². The van der Waals surface area contributed by atoms with Crippen LogP contribution >= 0.6 is 0 Å². The summed E-state index contributed by atoms with van der Waals surface area (Å²) in [5, 5.41) is 17.6. The number of aromatic nitrogens is 5. The van der Waals surface area contributed by atoms with Crippen LogP contribution in [0.5, 0.6) is 0 Å². The molecule has 152 valence electrons. The first kappa shape index (κ1) is 18.7. The summed E-state index contributed by atoms with van der Waals surface area (Å²) < 4.78 is 30.5. The van der Waals surface area contributed by atoms with Gasteiger partial charge in [-0.15, -0.1) is 10.2 Å². The van der Waals surface area contributed by atoms with Crippen molar-refractivity contribution in [2.24, 2.45) is 5.41 Å². The maximum Gasteiger partial charge on any atom is 0.240 e. The number of hydrogen-bond acceptors (Lipinski definition) is 6. The number of nitrogens with zero attached hydrogens (tertiary/aromatic N) is 5. The van der Waals surface area contributed by atoms with Crippen LogP contribution in [-0.2, 0) is 10.0 Å². The lowest BCUT2D eigenvalue weighted by Crippen LogP contribution is -2.57. The van der Waals surface area contributed by atoms with Gasteiger partial charge in [-0.25, -0.2) is 18.1 Å². The molecule has 1 saturated carbocycles. The van der Waals surface area contributed by atoms with Gasteiger partial charge >= 0.3 is 0 Å². The van der Waals surface area contributed by atoms with Crippen molar-refractivity contribution in [3.63, 3.8) is 0 Å². The molecule has 30 heavy (non-hydrogen) atoms. The molecular weight excluding hydrogens is 402 g/mol. The molecule has 0 spiro atoms. The number of sulfonamides is 1. The zero-order chi connectivity index (χ0) is 21.1. The fourth-order valence-corrected chi connectivity index (χ4v) is 5.56. The first-order valence-corrected chi connectivity index (χ1v) is 11.0. The maximum atomic E-state index is 12.8. The molecule has 3 aromatic heterocycles. The molecule has 1 aliphatic carbocycles. The van der Waals surface area contributed by atoms with E-state index in [0.717, 1.165) is 17.0 Å². The summed E-state index contributed by atoms with van der Waals surface area (Å²) >= 11 is 0. The summed E-state index contributed by atoms with van der Waals surface area (Å²) in [6.07, 6.45) is 4.10. The van der Waals surface area contributed by atoms with Crippen molar-refractivity contribution in [3.05, 3.63) is 54.1 Å². The number of hydrogen-bond donors (Lipinski definition) is 2. The molecule has 10 heteroatoms. The molecule has 1 fully saturated rings. The van der Waals surface area contributed by atoms with Crippen molar-refractivity contribution < 1.29 is 8.42 Å². The molecular formula is C20H19N7O2S. The Morgan fingerprint density at radius 1 is 1.23 bits per heavy atom. The smallest absolute Gasteiger partial charge is 0.240 e. The Morgan fingerprint density at radius 2 is 2.00 bits per heavy atom. The van der Waals surface area contributed by atoms with Crippen LogP contribution in [0.2, 0.25) is 0 Å². The van der Waals surface area contributed by atoms with Crippen LogP contribution in [-0.4, -0.2) is 39.0 Å². The van der Waals surface area contributed by atoms with Crippen LogP contribution in [0.25, 0.3) is 16.8 Å². The predicted octanol–water partition coefficient (Wildman–Crippen LogP) is 2.34. The van der Waals surface area contributed by atoms with E-state index >= 15 is 0 Å². The molecule has 0 bridgehead atoms. The molecule has 0 aliphatic heterocycles. The third kappa shape index (κ3) is 2.70. The summed E-state index contributed by atoms with van der Waals surface area (Å²) in [5.41, 5.74) is 2.36. The molecule has 5 rings (SSSR count). The molecule has 0 radical (unpaired) electrons. The summed E-state index contributed by atoms with van der Waals surface area (Å²) in [4.78, 5) is 7.58. The number of nitrogens with one attached hydrogen (secondary N) is 2. The monoisotopic (exact) mass is 421 g/mol. The Hall–Kier alpha value is -3.29. The zero-order valence-corrected chi connectivity index (χ0v) is 17.2. The molecule has 1 aromatic carbocycles. The van der Waals surface area contributed by atoms with Gasteiger partial charge in [0.15, 0.2) is 11.3 Å². The molecule has 2 atom stereocenters. The fraction of sp³-hybridized carbons (Fsp3) is 0.300. The Bertz CT molecular complexity index is 1410. The number of nitriles is 1. The van der Waals surface area contributed by atoms with E-state index in [0.29, 0.717) is 17.6 Å². The minimum Gasteiger partial charge on any atom is -0.345 e. The highest BCUT2D eigenvalue weighted by atomic mass is 32.2. The quantitative estimate of drug-likeness (QED) is 0.520. The van der Waals surface area contributed by atoms with Gasteiger partial charge in [-0.05, 0) is 42.2 Å². The van der Waals surface area contributed by atoms with E-state index < -0.39 is 10.0 Å². The second-order valence-electron chi connectivity index (χ2n) is 8.14. The standard InChI is InChI=1S/C20H19N7O2S/c1-20(2)14(19-25-24-17-11-23-18-15(27(17)19)7-8-22-18)9-16(20)26-30(28,29)13-5-3-12(10-21)4-6-13/h3-8,11,14,16,22,26H,9H2,1-2H3/t14-,16?/m0/s1. The van der Waals surface area contributed by atoms with Crippen LogP contribution in [0.15, 0.2) is 47.6 Å². The van der Waals surface area contributed by atoms with Gasteiger partial charge in [0.05, 0.1) is 28.2 Å². The lowest BCUT2D eigenvalue weighted by molar-refractivity contribution is 0.0796. The summed E-state index contributed by atoms with van der Waals surface area (Å²) in [6.45, 7) is 4.06. The van der Waals surface area contributed by atoms with Gasteiger partial charge in [-0.3, -0.25) is 4.40 Å². The van der Waals surface area contributed by atoms with Gasteiger partial charge in [0.25, 0.3) is 0 Å². The van der Waals surface area contributed by atoms with Gasteiger partial charge in [0, 0.05) is 18.2 Å². The van der Waals surface area contributed by atoms with E-state index in [9.17, 15) is 8.42 Å². The molecule has 2 N–H and O–H groups in total. The molecule has 1 aliphatic rings. The molecule has 3 heterocycles. The van der Waals surface area contributed by atoms with Crippen molar-refractivity contribution in [1.29, 1.82) is 5.26 Å². The fourth-order valence-electron chi connectivity index (χ4n) is 4.15. The molecule has 1 unspecified atom stereocenters. The van der Waals surface area contributed by atoms with Gasteiger partial charge in [-0.1, -0.05) is 13.8 Å². The number of aromatic amines is 1. The highest BCUT2D eigenvalue weighted by molar-refractivity contribution is 7.89. The van der Waals surface area contributed by atoms with E-state index in [4.69, 9.17) is 5.26 Å². The van der Waals surface area contributed by atoms with Crippen LogP contribution in [0.4, 0.5) is 0 Å². The Kier molecular flexibility index (Phi) is 3.96. The van der Waals surface area contributed by atoms with Crippen molar-refractivity contribution in [2.45, 2.75) is 37.1 Å². The lowest BCUT2D eigenvalue weighted by atomic mass is 9.58. The van der Waals surface area contributed by atoms with Crippen molar-refractivity contribution in [2.75, 3.05) is 0 Å². The Labute approximate surface area is 172 Å². The van der Waals surface area contributed by atoms with E-state index in [1.54, 1.807) is 6.20 Å². The Morgan fingerprint density at radius 3 is 2.70 bits per heavy atom. The van der Waals surface area contributed by atoms with E-state index in [2.05, 4.69) is 24.9 Å². The normalized spacial score (nSPS) is 20.8. The van der Waals surface area contributed by atoms with Crippen LogP contribution in [0.3, 0.4) is 0 Å². The average molecular weight is 421 g/mol. The van der Waals surface area contributed by atoms with Gasteiger partial charge in [0.2, 0.25) is 10.0 Å². The lowest BCUT2D eigenvalue weighted by Gasteiger charge is -2.51. The highest BCUT2D eigenvalue weighted by Crippen LogP contribution is 2.52. The van der Waals surface area contributed by atoms with Crippen molar-refractivity contribution >= 4 is 26.8 Å². The summed E-state index contributed by atoms with van der Waals surface area (Å²) in [7, 11) is -3.69. The second kappa shape index (κ2) is 6.35. The third-order valence-electron chi connectivity index (χ3n) is 6.14. The number of fused-ring (bicyclic) bond motifs is 3. The van der Waals surface area contributed by atoms with Crippen LogP contribution < -0.4 is 4.72 Å².